The van der Waals surface area contributed by atoms with E-state index in [-0.39, 0.29) is 16.8 Å². The van der Waals surface area contributed by atoms with Crippen LogP contribution in [0.2, 0.25) is 5.02 Å². The Kier molecular flexibility index (Phi) is 5.22. The highest BCUT2D eigenvalue weighted by Crippen LogP contribution is 2.29. The first-order valence-corrected chi connectivity index (χ1v) is 8.06. The van der Waals surface area contributed by atoms with Gasteiger partial charge >= 0.3 is 12.6 Å². The van der Waals surface area contributed by atoms with Crippen LogP contribution in [0.3, 0.4) is 0 Å². The highest BCUT2D eigenvalue weighted by molar-refractivity contribution is 6.32. The van der Waals surface area contributed by atoms with Gasteiger partial charge in [0, 0.05) is 5.69 Å². The number of amides is 2. The van der Waals surface area contributed by atoms with Gasteiger partial charge in [-0.25, -0.2) is 9.78 Å². The van der Waals surface area contributed by atoms with Crippen molar-refractivity contribution in [3.63, 3.8) is 0 Å². The van der Waals surface area contributed by atoms with Crippen LogP contribution in [0.25, 0.3) is 11.0 Å². The van der Waals surface area contributed by atoms with Crippen molar-refractivity contribution in [3.05, 3.63) is 53.3 Å². The molecule has 1 atom stereocenters. The lowest BCUT2D eigenvalue weighted by Gasteiger charge is -2.13. The molecule has 0 saturated heterocycles. The number of alkyl halides is 2. The minimum atomic E-state index is -2.97. The Bertz CT molecular complexity index is 899. The number of carbonyl (C=O) groups is 1. The molecule has 0 fully saturated rings. The van der Waals surface area contributed by atoms with E-state index in [1.165, 1.54) is 18.2 Å². The van der Waals surface area contributed by atoms with E-state index in [0.717, 1.165) is 11.0 Å². The molecule has 2 amide bonds. The number of ether oxygens (including phenoxy) is 1. The molecule has 136 valence electrons. The quantitative estimate of drug-likeness (QED) is 0.600. The molecule has 3 rings (SSSR count). The number of urea groups is 1. The minimum absolute atomic E-state index is 0.0339. The van der Waals surface area contributed by atoms with Crippen LogP contribution in [-0.2, 0) is 0 Å². The van der Waals surface area contributed by atoms with Crippen LogP contribution in [0.4, 0.5) is 19.3 Å². The Morgan fingerprint density at radius 1 is 1.27 bits per heavy atom. The summed E-state index contributed by atoms with van der Waals surface area (Å²) < 4.78 is 28.7. The predicted octanol–water partition coefficient (Wildman–Crippen LogP) is 4.70. The molecule has 0 bridgehead atoms. The third kappa shape index (κ3) is 4.20. The number of anilines is 1. The first-order chi connectivity index (χ1) is 12.4. The van der Waals surface area contributed by atoms with E-state index in [1.54, 1.807) is 6.92 Å². The van der Waals surface area contributed by atoms with Crippen molar-refractivity contribution in [2.75, 3.05) is 5.32 Å². The first kappa shape index (κ1) is 17.9. The Morgan fingerprint density at radius 2 is 2.04 bits per heavy atom. The Hall–Kier alpha value is -2.87. The molecule has 0 aliphatic heterocycles. The maximum absolute atomic E-state index is 12.2. The minimum Gasteiger partial charge on any atom is -0.433 e. The van der Waals surface area contributed by atoms with Crippen molar-refractivity contribution in [2.24, 2.45) is 0 Å². The molecule has 1 unspecified atom stereocenters. The molecular formula is C17H15ClF2N4O2. The molecule has 26 heavy (non-hydrogen) atoms. The van der Waals surface area contributed by atoms with E-state index in [1.807, 2.05) is 24.3 Å². The number of aromatic nitrogens is 2. The van der Waals surface area contributed by atoms with Crippen molar-refractivity contribution in [2.45, 2.75) is 19.6 Å². The largest absolute Gasteiger partial charge is 0.433 e. The van der Waals surface area contributed by atoms with Gasteiger partial charge in [0.2, 0.25) is 0 Å². The predicted molar refractivity (Wildman–Crippen MR) is 94.7 cm³/mol. The standard InChI is InChI=1S/C17H15ClF2N4O2/c1-9(15-23-12-4-2-3-5-13(12)24-15)21-17(25)22-10-6-7-14(11(18)8-10)26-16(19)20/h2-9,16H,1H3,(H,23,24)(H2,21,22,25). The van der Waals surface area contributed by atoms with Crippen LogP contribution in [0.15, 0.2) is 42.5 Å². The third-order valence-corrected chi connectivity index (χ3v) is 3.87. The summed E-state index contributed by atoms with van der Waals surface area (Å²) in [6.45, 7) is -1.19. The van der Waals surface area contributed by atoms with Crippen molar-refractivity contribution in [1.82, 2.24) is 15.3 Å². The second-order valence-corrected chi connectivity index (χ2v) is 5.89. The number of hydrogen-bond acceptors (Lipinski definition) is 3. The van der Waals surface area contributed by atoms with Crippen LogP contribution < -0.4 is 15.4 Å². The number of fused-ring (bicyclic) bond motifs is 1. The van der Waals surface area contributed by atoms with E-state index in [4.69, 9.17) is 11.6 Å². The summed E-state index contributed by atoms with van der Waals surface area (Å²) in [5.74, 6) is 0.448. The van der Waals surface area contributed by atoms with E-state index in [2.05, 4.69) is 25.3 Å². The normalized spacial score (nSPS) is 12.2. The maximum atomic E-state index is 12.2. The lowest BCUT2D eigenvalue weighted by Crippen LogP contribution is -2.31. The van der Waals surface area contributed by atoms with Crippen LogP contribution in [0.1, 0.15) is 18.8 Å². The molecule has 2 aromatic carbocycles. The van der Waals surface area contributed by atoms with E-state index < -0.39 is 12.6 Å². The molecule has 3 aromatic rings. The van der Waals surface area contributed by atoms with Crippen molar-refractivity contribution in [1.29, 1.82) is 0 Å². The van der Waals surface area contributed by atoms with Crippen molar-refractivity contribution < 1.29 is 18.3 Å². The highest BCUT2D eigenvalue weighted by atomic mass is 35.5. The topological polar surface area (TPSA) is 79.0 Å². The summed E-state index contributed by atoms with van der Waals surface area (Å²) in [5.41, 5.74) is 2.02. The van der Waals surface area contributed by atoms with Gasteiger partial charge in [-0.3, -0.25) is 0 Å². The summed E-state index contributed by atoms with van der Waals surface area (Å²) in [4.78, 5) is 19.7. The third-order valence-electron chi connectivity index (χ3n) is 3.57. The smallest absolute Gasteiger partial charge is 0.387 e. The summed E-state index contributed by atoms with van der Waals surface area (Å²) in [6, 6.07) is 10.7. The van der Waals surface area contributed by atoms with Crippen LogP contribution in [0, 0.1) is 0 Å². The number of nitrogens with one attached hydrogen (secondary N) is 3. The van der Waals surface area contributed by atoms with Crippen molar-refractivity contribution in [3.8, 4) is 5.75 Å². The number of rotatable bonds is 5. The summed E-state index contributed by atoms with van der Waals surface area (Å²) >= 11 is 5.86. The highest BCUT2D eigenvalue weighted by Gasteiger charge is 2.14. The second kappa shape index (κ2) is 7.57. The van der Waals surface area contributed by atoms with Gasteiger partial charge < -0.3 is 20.4 Å². The monoisotopic (exact) mass is 380 g/mol. The zero-order valence-corrected chi connectivity index (χ0v) is 14.3. The fourth-order valence-electron chi connectivity index (χ4n) is 2.38. The molecule has 1 heterocycles. The van der Waals surface area contributed by atoms with Gasteiger partial charge in [-0.1, -0.05) is 23.7 Å². The molecule has 9 heteroatoms. The Morgan fingerprint density at radius 3 is 2.73 bits per heavy atom. The number of para-hydroxylation sites is 2. The van der Waals surface area contributed by atoms with Gasteiger partial charge in [0.1, 0.15) is 11.6 Å². The van der Waals surface area contributed by atoms with Gasteiger partial charge in [0.25, 0.3) is 0 Å². The number of halogens is 3. The number of H-pyrrole nitrogens is 1. The summed E-state index contributed by atoms with van der Waals surface area (Å²) in [5, 5.41) is 5.28. The van der Waals surface area contributed by atoms with Gasteiger partial charge in [-0.2, -0.15) is 8.78 Å². The average molecular weight is 381 g/mol. The molecule has 0 radical (unpaired) electrons. The van der Waals surface area contributed by atoms with Gasteiger partial charge in [-0.05, 0) is 37.3 Å². The fourth-order valence-corrected chi connectivity index (χ4v) is 2.61. The van der Waals surface area contributed by atoms with Gasteiger partial charge in [0.15, 0.2) is 0 Å². The first-order valence-electron chi connectivity index (χ1n) is 7.69. The fraction of sp³-hybridized carbons (Fsp3) is 0.176. The number of nitrogens with zero attached hydrogens (tertiary/aromatic N) is 1. The molecule has 6 nitrogen and oxygen atoms in total. The number of imidazole rings is 1. The molecule has 1 aromatic heterocycles. The molecule has 0 spiro atoms. The van der Waals surface area contributed by atoms with Gasteiger partial charge in [0.05, 0.1) is 22.1 Å². The van der Waals surface area contributed by atoms with Crippen LogP contribution in [-0.4, -0.2) is 22.6 Å². The van der Waals surface area contributed by atoms with E-state index >= 15 is 0 Å². The summed E-state index contributed by atoms with van der Waals surface area (Å²) in [7, 11) is 0. The number of carbonyl (C=O) groups excluding carboxylic acids is 1. The number of hydrogen-bond donors (Lipinski definition) is 3. The molecule has 0 aliphatic rings. The van der Waals surface area contributed by atoms with Crippen LogP contribution in [0.5, 0.6) is 5.75 Å². The lowest BCUT2D eigenvalue weighted by molar-refractivity contribution is -0.0497. The SMILES string of the molecule is CC(NC(=O)Nc1ccc(OC(F)F)c(Cl)c1)c1nc2ccccc2[nH]1. The maximum Gasteiger partial charge on any atom is 0.387 e. The molecule has 0 saturated carbocycles. The molecule has 3 N–H and O–H groups in total. The molecular weight excluding hydrogens is 366 g/mol. The molecule has 0 aliphatic carbocycles. The lowest BCUT2D eigenvalue weighted by atomic mass is 10.3. The van der Waals surface area contributed by atoms with Crippen molar-refractivity contribution >= 4 is 34.4 Å². The van der Waals surface area contributed by atoms with E-state index in [9.17, 15) is 13.6 Å². The number of aromatic amines is 1. The number of benzene rings is 2. The van der Waals surface area contributed by atoms with Crippen LogP contribution >= 0.6 is 11.6 Å². The zero-order chi connectivity index (χ0) is 18.7. The van der Waals surface area contributed by atoms with E-state index in [0.29, 0.717) is 11.5 Å². The average Bonchev–Trinajstić information content (AvgIpc) is 3.01. The second-order valence-electron chi connectivity index (χ2n) is 5.48. The Labute approximate surface area is 152 Å². The summed E-state index contributed by atoms with van der Waals surface area (Å²) in [6.07, 6.45) is 0. The Balaban J connectivity index is 1.63. The zero-order valence-electron chi connectivity index (χ0n) is 13.6. The van der Waals surface area contributed by atoms with Gasteiger partial charge in [-0.15, -0.1) is 0 Å².